The molecule has 0 aliphatic heterocycles. The lowest BCUT2D eigenvalue weighted by molar-refractivity contribution is -0.124. The average Bonchev–Trinajstić information content (AvgIpc) is 2.94. The zero-order valence-corrected chi connectivity index (χ0v) is 12.7. The third kappa shape index (κ3) is 3.75. The summed E-state index contributed by atoms with van der Waals surface area (Å²) in [6.45, 7) is 5.94. The Balaban J connectivity index is 1.92. The summed E-state index contributed by atoms with van der Waals surface area (Å²) in [6.07, 6.45) is 6.04. The van der Waals surface area contributed by atoms with Gasteiger partial charge in [-0.3, -0.25) is 4.79 Å². The topological polar surface area (TPSA) is 38.3 Å². The number of hydrogen-bond acceptors (Lipinski definition) is 2. The van der Waals surface area contributed by atoms with Crippen LogP contribution in [-0.2, 0) is 4.79 Å². The summed E-state index contributed by atoms with van der Waals surface area (Å²) in [5.41, 5.74) is 0.495. The van der Waals surface area contributed by atoms with Crippen molar-refractivity contribution in [3.05, 3.63) is 24.3 Å². The molecule has 1 amide bonds. The molecule has 3 nitrogen and oxygen atoms in total. The quantitative estimate of drug-likeness (QED) is 0.866. The molecule has 0 aromatic heterocycles. The lowest BCUT2D eigenvalue weighted by Gasteiger charge is -2.21. The summed E-state index contributed by atoms with van der Waals surface area (Å²) in [4.78, 5) is 12.1. The van der Waals surface area contributed by atoms with Crippen molar-refractivity contribution in [1.29, 1.82) is 0 Å². The molecular weight excluding hydrogens is 250 g/mol. The highest BCUT2D eigenvalue weighted by Crippen LogP contribution is 2.26. The third-order valence-corrected chi connectivity index (χ3v) is 4.22. The van der Waals surface area contributed by atoms with Crippen LogP contribution in [0.1, 0.15) is 52.9 Å². The van der Waals surface area contributed by atoms with Gasteiger partial charge in [0.2, 0.25) is 5.91 Å². The summed E-state index contributed by atoms with van der Waals surface area (Å²) in [5.74, 6) is 0.953. The SMILES string of the molecule is CCC(C)(C)C(=O)Nc1ccc(OC2CCCC2)cc1. The zero-order valence-electron chi connectivity index (χ0n) is 12.7. The van der Waals surface area contributed by atoms with Crippen molar-refractivity contribution in [2.45, 2.75) is 59.0 Å². The van der Waals surface area contributed by atoms with Crippen molar-refractivity contribution >= 4 is 11.6 Å². The monoisotopic (exact) mass is 275 g/mol. The summed E-state index contributed by atoms with van der Waals surface area (Å²) >= 11 is 0. The first-order chi connectivity index (χ1) is 9.51. The lowest BCUT2D eigenvalue weighted by Crippen LogP contribution is -2.29. The number of nitrogens with one attached hydrogen (secondary N) is 1. The van der Waals surface area contributed by atoms with Crippen molar-refractivity contribution in [1.82, 2.24) is 0 Å². The minimum absolute atomic E-state index is 0.0597. The van der Waals surface area contributed by atoms with E-state index in [-0.39, 0.29) is 11.3 Å². The maximum absolute atomic E-state index is 12.1. The maximum Gasteiger partial charge on any atom is 0.230 e. The van der Waals surface area contributed by atoms with Crippen molar-refractivity contribution in [3.63, 3.8) is 0 Å². The summed E-state index contributed by atoms with van der Waals surface area (Å²) < 4.78 is 5.91. The third-order valence-electron chi connectivity index (χ3n) is 4.22. The Morgan fingerprint density at radius 1 is 1.25 bits per heavy atom. The van der Waals surface area contributed by atoms with Crippen molar-refractivity contribution in [2.75, 3.05) is 5.32 Å². The summed E-state index contributed by atoms with van der Waals surface area (Å²) in [7, 11) is 0. The van der Waals surface area contributed by atoms with E-state index >= 15 is 0 Å². The van der Waals surface area contributed by atoms with E-state index in [4.69, 9.17) is 4.74 Å². The number of rotatable bonds is 5. The zero-order chi connectivity index (χ0) is 14.6. The standard InChI is InChI=1S/C17H25NO2/c1-4-17(2,3)16(19)18-13-9-11-15(12-10-13)20-14-7-5-6-8-14/h9-12,14H,4-8H2,1-3H3,(H,18,19). The Kier molecular flexibility index (Phi) is 4.69. The highest BCUT2D eigenvalue weighted by atomic mass is 16.5. The smallest absolute Gasteiger partial charge is 0.230 e. The van der Waals surface area contributed by atoms with Gasteiger partial charge >= 0.3 is 0 Å². The van der Waals surface area contributed by atoms with E-state index in [2.05, 4.69) is 5.32 Å². The number of ether oxygens (including phenoxy) is 1. The highest BCUT2D eigenvalue weighted by Gasteiger charge is 2.25. The number of amides is 1. The van der Waals surface area contributed by atoms with Crippen molar-refractivity contribution in [2.24, 2.45) is 5.41 Å². The molecule has 1 fully saturated rings. The molecule has 0 radical (unpaired) electrons. The van der Waals surface area contributed by atoms with Gasteiger partial charge in [-0.25, -0.2) is 0 Å². The van der Waals surface area contributed by atoms with Crippen LogP contribution in [0.25, 0.3) is 0 Å². The Morgan fingerprint density at radius 3 is 2.40 bits per heavy atom. The van der Waals surface area contributed by atoms with Gasteiger partial charge in [0, 0.05) is 11.1 Å². The molecule has 1 aliphatic rings. The molecule has 3 heteroatoms. The van der Waals surface area contributed by atoms with Crippen molar-refractivity contribution < 1.29 is 9.53 Å². The van der Waals surface area contributed by atoms with Gasteiger partial charge in [-0.15, -0.1) is 0 Å². The van der Waals surface area contributed by atoms with Crippen LogP contribution in [0.15, 0.2) is 24.3 Å². The minimum atomic E-state index is -0.334. The van der Waals surface area contributed by atoms with Gasteiger partial charge in [0.05, 0.1) is 6.10 Å². The molecule has 0 heterocycles. The summed E-state index contributed by atoms with van der Waals surface area (Å²) in [6, 6.07) is 7.70. The second-order valence-corrected chi connectivity index (χ2v) is 6.24. The highest BCUT2D eigenvalue weighted by molar-refractivity contribution is 5.94. The van der Waals surface area contributed by atoms with Crippen LogP contribution in [-0.4, -0.2) is 12.0 Å². The van der Waals surface area contributed by atoms with Crippen LogP contribution < -0.4 is 10.1 Å². The van der Waals surface area contributed by atoms with Crippen molar-refractivity contribution in [3.8, 4) is 5.75 Å². The van der Waals surface area contributed by atoms with Crippen LogP contribution >= 0.6 is 0 Å². The number of anilines is 1. The Bertz CT molecular complexity index is 445. The fraction of sp³-hybridized carbons (Fsp3) is 0.588. The first kappa shape index (κ1) is 14.9. The van der Waals surface area contributed by atoms with Crippen LogP contribution in [0.4, 0.5) is 5.69 Å². The van der Waals surface area contributed by atoms with E-state index in [1.807, 2.05) is 45.0 Å². The molecule has 0 spiro atoms. The maximum atomic E-state index is 12.1. The second-order valence-electron chi connectivity index (χ2n) is 6.24. The lowest BCUT2D eigenvalue weighted by atomic mass is 9.89. The molecule has 1 aliphatic carbocycles. The van der Waals surface area contributed by atoms with Crippen LogP contribution in [0.2, 0.25) is 0 Å². The van der Waals surface area contributed by atoms with E-state index in [0.717, 1.165) is 30.7 Å². The number of hydrogen-bond donors (Lipinski definition) is 1. The predicted octanol–water partition coefficient (Wildman–Crippen LogP) is 4.38. The van der Waals surface area contributed by atoms with Crippen LogP contribution in [0.3, 0.4) is 0 Å². The van der Waals surface area contributed by atoms with E-state index in [9.17, 15) is 4.79 Å². The van der Waals surface area contributed by atoms with Gasteiger partial charge in [-0.05, 0) is 56.4 Å². The van der Waals surface area contributed by atoms with Gasteiger partial charge in [-0.1, -0.05) is 20.8 Å². The molecule has 1 aromatic rings. The normalized spacial score (nSPS) is 16.1. The number of benzene rings is 1. The predicted molar refractivity (Wildman–Crippen MR) is 82.0 cm³/mol. The second kappa shape index (κ2) is 6.29. The number of carbonyl (C=O) groups is 1. The summed E-state index contributed by atoms with van der Waals surface area (Å²) in [5, 5.41) is 2.96. The Labute approximate surface area is 121 Å². The molecular formula is C17H25NO2. The first-order valence-corrected chi connectivity index (χ1v) is 7.59. The molecule has 1 saturated carbocycles. The molecule has 2 rings (SSSR count). The fourth-order valence-corrected chi connectivity index (χ4v) is 2.28. The van der Waals surface area contributed by atoms with Gasteiger partial charge in [0.25, 0.3) is 0 Å². The Hall–Kier alpha value is -1.51. The first-order valence-electron chi connectivity index (χ1n) is 7.59. The molecule has 1 N–H and O–H groups in total. The van der Waals surface area contributed by atoms with E-state index in [1.165, 1.54) is 12.8 Å². The van der Waals surface area contributed by atoms with Gasteiger partial charge in [0.1, 0.15) is 5.75 Å². The Morgan fingerprint density at radius 2 is 1.85 bits per heavy atom. The van der Waals surface area contributed by atoms with Gasteiger partial charge in [-0.2, -0.15) is 0 Å². The molecule has 0 unspecified atom stereocenters. The van der Waals surface area contributed by atoms with Crippen LogP contribution in [0.5, 0.6) is 5.75 Å². The molecule has 1 aromatic carbocycles. The largest absolute Gasteiger partial charge is 0.490 e. The average molecular weight is 275 g/mol. The fourth-order valence-electron chi connectivity index (χ4n) is 2.28. The molecule has 0 saturated heterocycles. The van der Waals surface area contributed by atoms with E-state index < -0.39 is 0 Å². The van der Waals surface area contributed by atoms with E-state index in [1.54, 1.807) is 0 Å². The molecule has 20 heavy (non-hydrogen) atoms. The molecule has 0 atom stereocenters. The van der Waals surface area contributed by atoms with Gasteiger partial charge < -0.3 is 10.1 Å². The van der Waals surface area contributed by atoms with E-state index in [0.29, 0.717) is 6.10 Å². The number of carbonyl (C=O) groups excluding carboxylic acids is 1. The van der Waals surface area contributed by atoms with Crippen LogP contribution in [0, 0.1) is 5.41 Å². The molecule has 110 valence electrons. The van der Waals surface area contributed by atoms with Gasteiger partial charge in [0.15, 0.2) is 0 Å². The molecule has 0 bridgehead atoms. The minimum Gasteiger partial charge on any atom is -0.490 e.